The Morgan fingerprint density at radius 1 is 1.17 bits per heavy atom. The SMILES string of the molecule is CC(C)Oc1nc([O-])nc(Nc2ccc(S(=O)(=O)O)cc2)n1.[Na+]. The zero-order chi connectivity index (χ0) is 16.3. The number of nitrogens with zero attached hydrogens (tertiary/aromatic N) is 3. The third-order valence-electron chi connectivity index (χ3n) is 2.34. The van der Waals surface area contributed by atoms with E-state index in [1.165, 1.54) is 24.3 Å². The molecule has 0 atom stereocenters. The average molecular weight is 348 g/mol. The molecular formula is C12H13N4NaO5S. The van der Waals surface area contributed by atoms with Crippen molar-refractivity contribution in [3.8, 4) is 12.0 Å². The Balaban J connectivity index is 0.00000264. The van der Waals surface area contributed by atoms with E-state index in [0.29, 0.717) is 5.69 Å². The van der Waals surface area contributed by atoms with Crippen LogP contribution in [0.3, 0.4) is 0 Å². The smallest absolute Gasteiger partial charge is 0.844 e. The minimum absolute atomic E-state index is 0. The maximum atomic E-state index is 11.4. The maximum absolute atomic E-state index is 11.4. The monoisotopic (exact) mass is 348 g/mol. The minimum atomic E-state index is -4.26. The van der Waals surface area contributed by atoms with Crippen LogP contribution in [0.25, 0.3) is 0 Å². The van der Waals surface area contributed by atoms with Crippen LogP contribution < -0.4 is 44.7 Å². The van der Waals surface area contributed by atoms with Gasteiger partial charge in [-0.05, 0) is 38.1 Å². The number of aromatic nitrogens is 3. The number of ether oxygens (including phenoxy) is 1. The van der Waals surface area contributed by atoms with E-state index in [1.807, 2.05) is 0 Å². The van der Waals surface area contributed by atoms with E-state index in [2.05, 4.69) is 20.3 Å². The van der Waals surface area contributed by atoms with Gasteiger partial charge < -0.3 is 15.2 Å². The number of anilines is 2. The summed E-state index contributed by atoms with van der Waals surface area (Å²) in [5, 5.41) is 14.1. The van der Waals surface area contributed by atoms with Crippen molar-refractivity contribution in [2.75, 3.05) is 5.32 Å². The molecule has 0 bridgehead atoms. The molecule has 0 aliphatic rings. The van der Waals surface area contributed by atoms with Crippen molar-refractivity contribution in [1.29, 1.82) is 0 Å². The van der Waals surface area contributed by atoms with Crippen LogP contribution >= 0.6 is 0 Å². The van der Waals surface area contributed by atoms with Crippen molar-refractivity contribution >= 4 is 21.8 Å². The third-order valence-corrected chi connectivity index (χ3v) is 3.21. The number of hydrogen-bond acceptors (Lipinski definition) is 8. The predicted octanol–water partition coefficient (Wildman–Crippen LogP) is -2.27. The second kappa shape index (κ2) is 7.88. The number of benzene rings is 1. The van der Waals surface area contributed by atoms with Gasteiger partial charge in [0.2, 0.25) is 5.95 Å². The molecule has 9 nitrogen and oxygen atoms in total. The zero-order valence-electron chi connectivity index (χ0n) is 12.7. The van der Waals surface area contributed by atoms with Gasteiger partial charge in [0.25, 0.3) is 10.1 Å². The van der Waals surface area contributed by atoms with Crippen molar-refractivity contribution in [2.24, 2.45) is 0 Å². The van der Waals surface area contributed by atoms with Gasteiger partial charge >= 0.3 is 35.6 Å². The Labute approximate surface area is 155 Å². The fraction of sp³-hybridized carbons (Fsp3) is 0.250. The second-order valence-electron chi connectivity index (χ2n) is 4.52. The molecule has 0 aliphatic heterocycles. The van der Waals surface area contributed by atoms with Gasteiger partial charge in [0, 0.05) is 5.69 Å². The van der Waals surface area contributed by atoms with Crippen molar-refractivity contribution in [3.63, 3.8) is 0 Å². The second-order valence-corrected chi connectivity index (χ2v) is 5.94. The molecule has 11 heteroatoms. The van der Waals surface area contributed by atoms with Crippen LogP contribution in [-0.2, 0) is 10.1 Å². The molecule has 2 rings (SSSR count). The van der Waals surface area contributed by atoms with Crippen LogP contribution in [0.5, 0.6) is 12.0 Å². The fourth-order valence-electron chi connectivity index (χ4n) is 1.50. The van der Waals surface area contributed by atoms with Crippen LogP contribution in [-0.4, -0.2) is 34.0 Å². The van der Waals surface area contributed by atoms with Gasteiger partial charge in [-0.2, -0.15) is 18.4 Å². The Kier molecular flexibility index (Phi) is 6.71. The molecule has 0 spiro atoms. The minimum Gasteiger partial charge on any atom is -0.844 e. The Morgan fingerprint density at radius 3 is 2.30 bits per heavy atom. The molecule has 0 unspecified atom stereocenters. The average Bonchev–Trinajstić information content (AvgIpc) is 2.36. The van der Waals surface area contributed by atoms with E-state index < -0.39 is 16.1 Å². The maximum Gasteiger partial charge on any atom is 1.00 e. The van der Waals surface area contributed by atoms with Gasteiger partial charge in [-0.25, -0.2) is 4.98 Å². The van der Waals surface area contributed by atoms with Crippen LogP contribution in [0.15, 0.2) is 29.2 Å². The van der Waals surface area contributed by atoms with Gasteiger partial charge in [0.05, 0.1) is 17.0 Å². The zero-order valence-corrected chi connectivity index (χ0v) is 15.5. The molecule has 0 saturated heterocycles. The van der Waals surface area contributed by atoms with E-state index >= 15 is 0 Å². The van der Waals surface area contributed by atoms with Gasteiger partial charge in [-0.1, -0.05) is 0 Å². The first-order valence-corrected chi connectivity index (χ1v) is 7.62. The number of hydrogen-bond donors (Lipinski definition) is 2. The summed E-state index contributed by atoms with van der Waals surface area (Å²) in [6.07, 6.45) is -0.205. The first kappa shape index (κ1) is 19.6. The van der Waals surface area contributed by atoms with E-state index in [1.54, 1.807) is 13.8 Å². The Hall–Kier alpha value is -1.46. The summed E-state index contributed by atoms with van der Waals surface area (Å²) < 4.78 is 36.0. The summed E-state index contributed by atoms with van der Waals surface area (Å²) in [5.41, 5.74) is 0.425. The van der Waals surface area contributed by atoms with Crippen LogP contribution in [0.2, 0.25) is 0 Å². The molecule has 0 saturated carbocycles. The van der Waals surface area contributed by atoms with E-state index in [4.69, 9.17) is 9.29 Å². The largest absolute Gasteiger partial charge is 1.00 e. The van der Waals surface area contributed by atoms with Gasteiger partial charge in [0.15, 0.2) is 0 Å². The van der Waals surface area contributed by atoms with E-state index in [-0.39, 0.29) is 52.5 Å². The number of rotatable bonds is 5. The van der Waals surface area contributed by atoms with Crippen molar-refractivity contribution in [3.05, 3.63) is 24.3 Å². The molecule has 0 radical (unpaired) electrons. The predicted molar refractivity (Wildman–Crippen MR) is 74.6 cm³/mol. The molecule has 0 aliphatic carbocycles. The molecule has 23 heavy (non-hydrogen) atoms. The molecule has 0 fully saturated rings. The molecule has 1 aromatic carbocycles. The summed E-state index contributed by atoms with van der Waals surface area (Å²) in [7, 11) is -4.26. The normalized spacial score (nSPS) is 11.0. The number of nitrogens with one attached hydrogen (secondary N) is 1. The van der Waals surface area contributed by atoms with Crippen molar-refractivity contribution in [2.45, 2.75) is 24.8 Å². The summed E-state index contributed by atoms with van der Waals surface area (Å²) in [5.74, 6) is -0.0322. The molecule has 2 aromatic rings. The third kappa shape index (κ3) is 5.92. The standard InChI is InChI=1S/C12H14N4O5S.Na/c1-7(2)21-12-15-10(14-11(17)16-12)13-8-3-5-9(6-4-8)22(18,19)20;/h3-7H,1-2H3,(H,18,19,20)(H2,13,14,15,16,17);/q;+1/p-1. The summed E-state index contributed by atoms with van der Waals surface area (Å²) in [4.78, 5) is 10.7. The summed E-state index contributed by atoms with van der Waals surface area (Å²) in [6.45, 7) is 3.52. The molecule has 2 N–H and O–H groups in total. The van der Waals surface area contributed by atoms with Crippen molar-refractivity contribution in [1.82, 2.24) is 15.0 Å². The topological polar surface area (TPSA) is 137 Å². The Bertz CT molecular complexity index is 768. The van der Waals surface area contributed by atoms with Crippen LogP contribution in [0.1, 0.15) is 13.8 Å². The van der Waals surface area contributed by atoms with E-state index in [9.17, 15) is 13.5 Å². The fourth-order valence-corrected chi connectivity index (χ4v) is 1.98. The quantitative estimate of drug-likeness (QED) is 0.452. The summed E-state index contributed by atoms with van der Waals surface area (Å²) >= 11 is 0. The van der Waals surface area contributed by atoms with Crippen LogP contribution in [0, 0.1) is 0 Å². The molecule has 1 heterocycles. The summed E-state index contributed by atoms with van der Waals surface area (Å²) in [6, 6.07) is 4.31. The van der Waals surface area contributed by atoms with Crippen molar-refractivity contribution < 1.29 is 52.4 Å². The Morgan fingerprint density at radius 2 is 1.78 bits per heavy atom. The molecule has 0 amide bonds. The van der Waals surface area contributed by atoms with Gasteiger partial charge in [0.1, 0.15) is 0 Å². The van der Waals surface area contributed by atoms with Crippen LogP contribution in [0.4, 0.5) is 11.6 Å². The first-order chi connectivity index (χ1) is 10.2. The molecular weight excluding hydrogens is 335 g/mol. The van der Waals surface area contributed by atoms with Gasteiger partial charge in [-0.15, -0.1) is 0 Å². The molecule has 1 aromatic heterocycles. The first-order valence-electron chi connectivity index (χ1n) is 6.18. The van der Waals surface area contributed by atoms with E-state index in [0.717, 1.165) is 0 Å². The molecule has 118 valence electrons. The van der Waals surface area contributed by atoms with Gasteiger partial charge in [-0.3, -0.25) is 4.55 Å².